The fourth-order valence-electron chi connectivity index (χ4n) is 3.20. The average Bonchev–Trinajstić information content (AvgIpc) is 2.83. The molecule has 2 aromatic rings. The number of aryl methyl sites for hydroxylation is 1. The van der Waals surface area contributed by atoms with Gasteiger partial charge in [-0.1, -0.05) is 26.0 Å². The molecule has 2 aromatic carbocycles. The van der Waals surface area contributed by atoms with Gasteiger partial charge in [0.25, 0.3) is 0 Å². The van der Waals surface area contributed by atoms with Gasteiger partial charge in [0.1, 0.15) is 11.9 Å². The van der Waals surface area contributed by atoms with Gasteiger partial charge >= 0.3 is 12.1 Å². The predicted molar refractivity (Wildman–Crippen MR) is 130 cm³/mol. The monoisotopic (exact) mass is 463 g/mol. The summed E-state index contributed by atoms with van der Waals surface area (Å²) in [5.74, 6) is 0.370. The Morgan fingerprint density at radius 3 is 2.50 bits per heavy atom. The molecule has 0 aliphatic heterocycles. The van der Waals surface area contributed by atoms with E-state index in [-0.39, 0.29) is 12.5 Å². The molecule has 0 saturated carbocycles. The molecule has 0 bridgehead atoms. The zero-order valence-corrected chi connectivity index (χ0v) is 19.8. The Morgan fingerprint density at radius 1 is 1.15 bits per heavy atom. The fraction of sp³-hybridized carbons (Fsp3) is 0.360. The maximum Gasteiger partial charge on any atom is 0.407 e. The molecule has 0 unspecified atom stereocenters. The van der Waals surface area contributed by atoms with E-state index in [1.54, 1.807) is 24.3 Å². The number of amides is 3. The van der Waals surface area contributed by atoms with Crippen molar-refractivity contribution in [1.29, 1.82) is 5.26 Å². The maximum absolute atomic E-state index is 12.6. The van der Waals surface area contributed by atoms with Crippen LogP contribution < -0.4 is 20.7 Å². The van der Waals surface area contributed by atoms with Crippen LogP contribution in [0.25, 0.3) is 4.85 Å². The van der Waals surface area contributed by atoms with Gasteiger partial charge in [0, 0.05) is 11.4 Å². The number of ether oxygens (including phenoxy) is 2. The minimum atomic E-state index is -0.597. The van der Waals surface area contributed by atoms with Gasteiger partial charge in [0.15, 0.2) is 0 Å². The van der Waals surface area contributed by atoms with E-state index < -0.39 is 18.2 Å². The summed E-state index contributed by atoms with van der Waals surface area (Å²) in [5, 5.41) is 17.1. The van der Waals surface area contributed by atoms with Gasteiger partial charge in [-0.15, -0.1) is 0 Å². The Labute approximate surface area is 199 Å². The van der Waals surface area contributed by atoms with E-state index in [1.165, 1.54) is 7.11 Å². The Balaban J connectivity index is 2.11. The molecule has 2 atom stereocenters. The van der Waals surface area contributed by atoms with Crippen molar-refractivity contribution < 1.29 is 19.1 Å². The standard InChI is InChI=1S/C25H29N5O4/c1-6-17-12-18(16(3)28-25(32)34-21(7-2)10-11-26)14-20(13-17)30-24(31)29-19-8-9-22(27-4)23(15-19)33-5/h8-9,12-16,21H,6-7,10H2,1-3,5H3,(H,28,32)(H2,29,30,31)/t16-,21+/m0/s1. The first-order valence-electron chi connectivity index (χ1n) is 10.9. The third-order valence-corrected chi connectivity index (χ3v) is 5.12. The van der Waals surface area contributed by atoms with Crippen molar-refractivity contribution in [3.05, 3.63) is 58.9 Å². The first kappa shape index (κ1) is 26.0. The number of carbonyl (C=O) groups is 2. The van der Waals surface area contributed by atoms with Gasteiger partial charge in [-0.2, -0.15) is 5.26 Å². The molecule has 0 heterocycles. The van der Waals surface area contributed by atoms with Gasteiger partial charge in [-0.25, -0.2) is 14.4 Å². The van der Waals surface area contributed by atoms with E-state index >= 15 is 0 Å². The average molecular weight is 464 g/mol. The van der Waals surface area contributed by atoms with E-state index in [0.717, 1.165) is 17.5 Å². The summed E-state index contributed by atoms with van der Waals surface area (Å²) in [4.78, 5) is 28.2. The summed E-state index contributed by atoms with van der Waals surface area (Å²) in [6.07, 6.45) is 0.370. The number of anilines is 2. The molecule has 0 aliphatic carbocycles. The highest BCUT2D eigenvalue weighted by molar-refractivity contribution is 6.00. The number of nitrogens with one attached hydrogen (secondary N) is 3. The quantitative estimate of drug-likeness (QED) is 0.398. The topological polar surface area (TPSA) is 117 Å². The fourth-order valence-corrected chi connectivity index (χ4v) is 3.20. The molecule has 178 valence electrons. The SMILES string of the molecule is [C-]#[N+]c1ccc(NC(=O)Nc2cc(CC)cc([C@H](C)NC(=O)O[C@H](CC)CC#N)c2)cc1OC. The van der Waals surface area contributed by atoms with Crippen molar-refractivity contribution >= 4 is 29.2 Å². The van der Waals surface area contributed by atoms with Crippen LogP contribution in [0, 0.1) is 17.9 Å². The zero-order chi connectivity index (χ0) is 25.1. The lowest BCUT2D eigenvalue weighted by Gasteiger charge is -2.19. The van der Waals surface area contributed by atoms with E-state index in [9.17, 15) is 9.59 Å². The van der Waals surface area contributed by atoms with Crippen molar-refractivity contribution in [3.63, 3.8) is 0 Å². The Hall–Kier alpha value is -4.24. The third kappa shape index (κ3) is 7.42. The summed E-state index contributed by atoms with van der Waals surface area (Å²) >= 11 is 0. The third-order valence-electron chi connectivity index (χ3n) is 5.12. The van der Waals surface area contributed by atoms with Gasteiger partial charge in [0.05, 0.1) is 32.2 Å². The van der Waals surface area contributed by atoms with Gasteiger partial charge < -0.3 is 25.4 Å². The van der Waals surface area contributed by atoms with Crippen molar-refractivity contribution in [3.8, 4) is 11.8 Å². The van der Waals surface area contributed by atoms with Crippen molar-refractivity contribution in [2.45, 2.75) is 52.2 Å². The lowest BCUT2D eigenvalue weighted by molar-refractivity contribution is 0.0950. The Bertz CT molecular complexity index is 1100. The van der Waals surface area contributed by atoms with Crippen LogP contribution in [0.1, 0.15) is 50.8 Å². The highest BCUT2D eigenvalue weighted by atomic mass is 16.6. The second kappa shape index (κ2) is 12.7. The highest BCUT2D eigenvalue weighted by Gasteiger charge is 2.17. The van der Waals surface area contributed by atoms with Crippen LogP contribution in [0.5, 0.6) is 5.75 Å². The van der Waals surface area contributed by atoms with E-state index in [0.29, 0.717) is 29.2 Å². The molecule has 0 aliphatic rings. The van der Waals surface area contributed by atoms with Crippen LogP contribution >= 0.6 is 0 Å². The predicted octanol–water partition coefficient (Wildman–Crippen LogP) is 5.93. The minimum Gasteiger partial charge on any atom is -0.508 e. The van der Waals surface area contributed by atoms with Crippen molar-refractivity contribution in [2.75, 3.05) is 17.7 Å². The summed E-state index contributed by atoms with van der Waals surface area (Å²) in [7, 11) is 1.46. The molecule has 9 nitrogen and oxygen atoms in total. The summed E-state index contributed by atoms with van der Waals surface area (Å²) < 4.78 is 10.5. The number of hydrogen-bond acceptors (Lipinski definition) is 5. The second-order valence-electron chi connectivity index (χ2n) is 7.56. The first-order valence-corrected chi connectivity index (χ1v) is 10.9. The molecule has 2 rings (SSSR count). The van der Waals surface area contributed by atoms with Crippen LogP contribution in [-0.4, -0.2) is 25.3 Å². The molecule has 0 saturated heterocycles. The lowest BCUT2D eigenvalue weighted by atomic mass is 10.0. The number of alkyl carbamates (subject to hydrolysis) is 1. The van der Waals surface area contributed by atoms with Crippen LogP contribution in [0.2, 0.25) is 0 Å². The van der Waals surface area contributed by atoms with Crippen molar-refractivity contribution in [1.82, 2.24) is 5.32 Å². The molecule has 9 heteroatoms. The first-order chi connectivity index (χ1) is 16.3. The molecule has 0 aromatic heterocycles. The summed E-state index contributed by atoms with van der Waals surface area (Å²) in [6.45, 7) is 12.8. The van der Waals surface area contributed by atoms with E-state index in [2.05, 4.69) is 20.8 Å². The van der Waals surface area contributed by atoms with Gasteiger partial charge in [0.2, 0.25) is 5.69 Å². The molecular formula is C25H29N5O4. The number of nitriles is 1. The van der Waals surface area contributed by atoms with E-state index in [1.807, 2.05) is 39.0 Å². The zero-order valence-electron chi connectivity index (χ0n) is 19.8. The summed E-state index contributed by atoms with van der Waals surface area (Å²) in [6, 6.07) is 11.5. The smallest absolute Gasteiger partial charge is 0.407 e. The summed E-state index contributed by atoms with van der Waals surface area (Å²) in [5.41, 5.74) is 3.17. The normalized spacial score (nSPS) is 11.8. The molecule has 3 amide bonds. The van der Waals surface area contributed by atoms with Crippen LogP contribution in [0.4, 0.5) is 26.7 Å². The molecule has 0 fully saturated rings. The molecule has 0 radical (unpaired) electrons. The minimum absolute atomic E-state index is 0.138. The number of nitrogens with zero attached hydrogens (tertiary/aromatic N) is 2. The van der Waals surface area contributed by atoms with Gasteiger partial charge in [-0.05, 0) is 55.2 Å². The molecular weight excluding hydrogens is 434 g/mol. The molecule has 0 spiro atoms. The lowest BCUT2D eigenvalue weighted by Crippen LogP contribution is -2.31. The van der Waals surface area contributed by atoms with Crippen LogP contribution in [0.3, 0.4) is 0 Å². The molecule has 34 heavy (non-hydrogen) atoms. The van der Waals surface area contributed by atoms with Crippen LogP contribution in [0.15, 0.2) is 36.4 Å². The number of hydrogen-bond donors (Lipinski definition) is 3. The Morgan fingerprint density at radius 2 is 1.88 bits per heavy atom. The second-order valence-corrected chi connectivity index (χ2v) is 7.56. The maximum atomic E-state index is 12.6. The van der Waals surface area contributed by atoms with Crippen molar-refractivity contribution in [2.24, 2.45) is 0 Å². The Kier molecular flexibility index (Phi) is 9.72. The number of carbonyl (C=O) groups excluding carboxylic acids is 2. The van der Waals surface area contributed by atoms with Crippen LogP contribution in [-0.2, 0) is 11.2 Å². The number of rotatable bonds is 9. The number of benzene rings is 2. The number of methoxy groups -OCH3 is 1. The van der Waals surface area contributed by atoms with Gasteiger partial charge in [-0.3, -0.25) is 0 Å². The van der Waals surface area contributed by atoms with E-state index in [4.69, 9.17) is 21.3 Å². The highest BCUT2D eigenvalue weighted by Crippen LogP contribution is 2.30. The largest absolute Gasteiger partial charge is 0.508 e. The molecule has 3 N–H and O–H groups in total. The number of urea groups is 1.